The second-order valence-corrected chi connectivity index (χ2v) is 7.25. The molecule has 0 aliphatic carbocycles. The predicted octanol–water partition coefficient (Wildman–Crippen LogP) is 1.67. The fourth-order valence-corrected chi connectivity index (χ4v) is 4.03. The highest BCUT2D eigenvalue weighted by molar-refractivity contribution is 7.99. The van der Waals surface area contributed by atoms with Gasteiger partial charge in [0.1, 0.15) is 0 Å². The van der Waals surface area contributed by atoms with Crippen molar-refractivity contribution in [1.29, 1.82) is 0 Å². The van der Waals surface area contributed by atoms with Crippen molar-refractivity contribution in [3.05, 3.63) is 12.3 Å². The topological polar surface area (TPSA) is 58.6 Å². The Morgan fingerprint density at radius 3 is 2.74 bits per heavy atom. The highest BCUT2D eigenvalue weighted by Gasteiger charge is 2.25. The minimum atomic E-state index is 0.335. The first kappa shape index (κ1) is 16.4. The number of ether oxygens (including phenoxy) is 1. The van der Waals surface area contributed by atoms with Gasteiger partial charge in [-0.3, -0.25) is 4.79 Å². The van der Waals surface area contributed by atoms with Crippen molar-refractivity contribution < 1.29 is 9.53 Å². The Morgan fingerprint density at radius 2 is 2.04 bits per heavy atom. The molecule has 0 N–H and O–H groups in total. The Hall–Kier alpha value is -1.50. The minimum Gasteiger partial charge on any atom is -0.481 e. The standard InChI is InChI=1S/C16H24N4O2S/c1-22-14-2-5-17-16(18-14)20-6-3-13(4-7-20)12-15(21)19-8-10-23-11-9-19/h2,5,13H,3-4,6-12H2,1H3. The van der Waals surface area contributed by atoms with Crippen LogP contribution < -0.4 is 9.64 Å². The van der Waals surface area contributed by atoms with E-state index >= 15 is 0 Å². The fourth-order valence-electron chi connectivity index (χ4n) is 3.12. The lowest BCUT2D eigenvalue weighted by Gasteiger charge is -2.33. The molecule has 0 aromatic carbocycles. The summed E-state index contributed by atoms with van der Waals surface area (Å²) in [5.74, 6) is 4.30. The molecule has 2 aliphatic rings. The Kier molecular flexibility index (Phi) is 5.59. The van der Waals surface area contributed by atoms with Gasteiger partial charge in [0.15, 0.2) is 0 Å². The Labute approximate surface area is 141 Å². The summed E-state index contributed by atoms with van der Waals surface area (Å²) in [4.78, 5) is 25.3. The van der Waals surface area contributed by atoms with E-state index in [4.69, 9.17) is 4.74 Å². The van der Waals surface area contributed by atoms with Crippen LogP contribution in [-0.2, 0) is 4.79 Å². The van der Waals surface area contributed by atoms with Gasteiger partial charge in [-0.25, -0.2) is 4.98 Å². The van der Waals surface area contributed by atoms with E-state index in [1.54, 1.807) is 19.4 Å². The molecule has 0 spiro atoms. The Balaban J connectivity index is 1.49. The molecule has 2 aliphatic heterocycles. The van der Waals surface area contributed by atoms with E-state index in [1.165, 1.54) is 0 Å². The summed E-state index contributed by atoms with van der Waals surface area (Å²) in [7, 11) is 1.61. The average Bonchev–Trinajstić information content (AvgIpc) is 2.63. The van der Waals surface area contributed by atoms with Crippen LogP contribution in [0.15, 0.2) is 12.3 Å². The summed E-state index contributed by atoms with van der Waals surface area (Å²) in [6, 6.07) is 1.76. The second-order valence-electron chi connectivity index (χ2n) is 6.03. The first-order valence-corrected chi connectivity index (χ1v) is 9.39. The summed E-state index contributed by atoms with van der Waals surface area (Å²) in [6.45, 7) is 3.64. The van der Waals surface area contributed by atoms with Crippen molar-refractivity contribution in [2.75, 3.05) is 49.7 Å². The van der Waals surface area contributed by atoms with Crippen LogP contribution in [0.5, 0.6) is 5.88 Å². The van der Waals surface area contributed by atoms with Gasteiger partial charge in [-0.2, -0.15) is 16.7 Å². The number of rotatable bonds is 4. The zero-order valence-corrected chi connectivity index (χ0v) is 14.4. The molecule has 2 fully saturated rings. The number of amides is 1. The number of hydrogen-bond acceptors (Lipinski definition) is 6. The number of nitrogens with zero attached hydrogens (tertiary/aromatic N) is 4. The van der Waals surface area contributed by atoms with Gasteiger partial charge in [0.05, 0.1) is 7.11 Å². The summed E-state index contributed by atoms with van der Waals surface area (Å²) in [5.41, 5.74) is 0. The predicted molar refractivity (Wildman–Crippen MR) is 92.0 cm³/mol. The Morgan fingerprint density at radius 1 is 1.30 bits per heavy atom. The van der Waals surface area contributed by atoms with Gasteiger partial charge in [0.25, 0.3) is 0 Å². The smallest absolute Gasteiger partial charge is 0.228 e. The van der Waals surface area contributed by atoms with Gasteiger partial charge in [0.2, 0.25) is 17.7 Å². The van der Waals surface area contributed by atoms with E-state index in [9.17, 15) is 4.79 Å². The summed E-state index contributed by atoms with van der Waals surface area (Å²) in [6.07, 6.45) is 4.46. The minimum absolute atomic E-state index is 0.335. The lowest BCUT2D eigenvalue weighted by Crippen LogP contribution is -2.41. The van der Waals surface area contributed by atoms with Crippen LogP contribution in [0.4, 0.5) is 5.95 Å². The first-order valence-electron chi connectivity index (χ1n) is 8.24. The van der Waals surface area contributed by atoms with Gasteiger partial charge in [-0.05, 0) is 18.8 Å². The summed E-state index contributed by atoms with van der Waals surface area (Å²) >= 11 is 1.94. The highest BCUT2D eigenvalue weighted by Crippen LogP contribution is 2.25. The van der Waals surface area contributed by atoms with E-state index in [2.05, 4.69) is 14.9 Å². The van der Waals surface area contributed by atoms with Crippen LogP contribution in [0.1, 0.15) is 19.3 Å². The molecule has 23 heavy (non-hydrogen) atoms. The van der Waals surface area contributed by atoms with Crippen molar-refractivity contribution in [2.45, 2.75) is 19.3 Å². The largest absolute Gasteiger partial charge is 0.481 e. The molecule has 3 rings (SSSR count). The molecule has 1 aromatic rings. The van der Waals surface area contributed by atoms with E-state index in [1.807, 2.05) is 16.7 Å². The molecule has 0 saturated carbocycles. The van der Waals surface area contributed by atoms with Crippen molar-refractivity contribution >= 4 is 23.6 Å². The zero-order chi connectivity index (χ0) is 16.1. The monoisotopic (exact) mass is 336 g/mol. The number of anilines is 1. The molecular formula is C16H24N4O2S. The lowest BCUT2D eigenvalue weighted by atomic mass is 9.93. The van der Waals surface area contributed by atoms with Gasteiger partial charge in [0, 0.05) is 56.4 Å². The van der Waals surface area contributed by atoms with E-state index in [0.717, 1.165) is 56.5 Å². The van der Waals surface area contributed by atoms with Gasteiger partial charge in [-0.15, -0.1) is 0 Å². The molecule has 0 atom stereocenters. The number of methoxy groups -OCH3 is 1. The van der Waals surface area contributed by atoms with Gasteiger partial charge < -0.3 is 14.5 Å². The SMILES string of the molecule is COc1ccnc(N2CCC(CC(=O)N3CCSCC3)CC2)n1. The first-order chi connectivity index (χ1) is 11.3. The number of aromatic nitrogens is 2. The molecule has 1 aromatic heterocycles. The molecule has 0 unspecified atom stereocenters. The quantitative estimate of drug-likeness (QED) is 0.834. The van der Waals surface area contributed by atoms with Crippen LogP contribution in [-0.4, -0.2) is 65.6 Å². The van der Waals surface area contributed by atoms with Gasteiger partial charge in [-0.1, -0.05) is 0 Å². The molecule has 2 saturated heterocycles. The maximum absolute atomic E-state index is 12.4. The van der Waals surface area contributed by atoms with Crippen molar-refractivity contribution in [3.63, 3.8) is 0 Å². The van der Waals surface area contributed by atoms with E-state index in [-0.39, 0.29) is 0 Å². The van der Waals surface area contributed by atoms with Crippen LogP contribution >= 0.6 is 11.8 Å². The van der Waals surface area contributed by atoms with Gasteiger partial charge >= 0.3 is 0 Å². The third-order valence-electron chi connectivity index (χ3n) is 4.55. The number of carbonyl (C=O) groups excluding carboxylic acids is 1. The molecule has 0 radical (unpaired) electrons. The fraction of sp³-hybridized carbons (Fsp3) is 0.688. The number of piperidine rings is 1. The highest BCUT2D eigenvalue weighted by atomic mass is 32.2. The second kappa shape index (κ2) is 7.86. The molecular weight excluding hydrogens is 312 g/mol. The van der Waals surface area contributed by atoms with Crippen molar-refractivity contribution in [1.82, 2.24) is 14.9 Å². The van der Waals surface area contributed by atoms with Crippen LogP contribution in [0.25, 0.3) is 0 Å². The zero-order valence-electron chi connectivity index (χ0n) is 13.6. The number of thioether (sulfide) groups is 1. The maximum atomic E-state index is 12.4. The molecule has 126 valence electrons. The number of carbonyl (C=O) groups is 1. The lowest BCUT2D eigenvalue weighted by molar-refractivity contribution is -0.132. The molecule has 0 bridgehead atoms. The molecule has 3 heterocycles. The van der Waals surface area contributed by atoms with Crippen LogP contribution in [0, 0.1) is 5.92 Å². The third kappa shape index (κ3) is 4.28. The maximum Gasteiger partial charge on any atom is 0.228 e. The molecule has 7 heteroatoms. The number of hydrogen-bond donors (Lipinski definition) is 0. The average molecular weight is 336 g/mol. The van der Waals surface area contributed by atoms with Crippen LogP contribution in [0.2, 0.25) is 0 Å². The Bertz CT molecular complexity index is 529. The molecule has 6 nitrogen and oxygen atoms in total. The summed E-state index contributed by atoms with van der Waals surface area (Å²) < 4.78 is 5.16. The van der Waals surface area contributed by atoms with E-state index in [0.29, 0.717) is 24.1 Å². The summed E-state index contributed by atoms with van der Waals surface area (Å²) in [5, 5.41) is 0. The normalized spacial score (nSPS) is 19.7. The van der Waals surface area contributed by atoms with Crippen molar-refractivity contribution in [2.24, 2.45) is 5.92 Å². The third-order valence-corrected chi connectivity index (χ3v) is 5.49. The molecule has 1 amide bonds. The van der Waals surface area contributed by atoms with E-state index < -0.39 is 0 Å². The van der Waals surface area contributed by atoms with Crippen molar-refractivity contribution in [3.8, 4) is 5.88 Å². The van der Waals surface area contributed by atoms with Crippen LogP contribution in [0.3, 0.4) is 0 Å².